The molecule has 0 saturated carbocycles. The van der Waals surface area contributed by atoms with Crippen LogP contribution in [0.1, 0.15) is 64.2 Å². The molecule has 0 unspecified atom stereocenters. The SMILES string of the molecule is C=[O+]C(=O)CCCCC(=O)OC.NCCCC(=O)CCCCC(=O)NCCN.NCCN. The molecular formula is C21H44N5O6+. The van der Waals surface area contributed by atoms with Gasteiger partial charge in [-0.1, -0.05) is 0 Å². The van der Waals surface area contributed by atoms with Crippen LogP contribution in [0.2, 0.25) is 0 Å². The van der Waals surface area contributed by atoms with E-state index in [4.69, 9.17) is 22.9 Å². The summed E-state index contributed by atoms with van der Waals surface area (Å²) in [6, 6.07) is 0. The number of hydrogen-bond donors (Lipinski definition) is 5. The van der Waals surface area contributed by atoms with Crippen LogP contribution in [0, 0.1) is 0 Å². The number of unbranched alkanes of at least 4 members (excludes halogenated alkanes) is 2. The molecular weight excluding hydrogens is 418 g/mol. The van der Waals surface area contributed by atoms with Crippen LogP contribution in [0.5, 0.6) is 0 Å². The average Bonchev–Trinajstić information content (AvgIpc) is 2.81. The van der Waals surface area contributed by atoms with Crippen LogP contribution in [-0.4, -0.2) is 70.3 Å². The van der Waals surface area contributed by atoms with Gasteiger partial charge in [-0.2, -0.15) is 0 Å². The first-order valence-corrected chi connectivity index (χ1v) is 10.9. The molecule has 11 nitrogen and oxygen atoms in total. The van der Waals surface area contributed by atoms with E-state index in [1.54, 1.807) is 0 Å². The third-order valence-corrected chi connectivity index (χ3v) is 3.80. The number of amides is 1. The summed E-state index contributed by atoms with van der Waals surface area (Å²) in [4.78, 5) is 43.5. The highest BCUT2D eigenvalue weighted by Crippen LogP contribution is 2.03. The summed E-state index contributed by atoms with van der Waals surface area (Å²) in [5.74, 6) is -0.342. The Bertz CT molecular complexity index is 479. The maximum atomic E-state index is 11.2. The Labute approximate surface area is 191 Å². The molecule has 0 rings (SSSR count). The van der Waals surface area contributed by atoms with E-state index in [0.717, 1.165) is 19.3 Å². The first-order chi connectivity index (χ1) is 15.3. The smallest absolute Gasteiger partial charge is 0.469 e. The molecule has 0 aliphatic rings. The third kappa shape index (κ3) is 32.5. The maximum absolute atomic E-state index is 11.2. The van der Waals surface area contributed by atoms with Crippen LogP contribution in [0.3, 0.4) is 0 Å². The van der Waals surface area contributed by atoms with Gasteiger partial charge in [0.1, 0.15) is 12.2 Å². The second-order valence-electron chi connectivity index (χ2n) is 6.65. The standard InChI is InChI=1S/C11H23N3O2.C8H13O4.C2H8N2/c12-7-3-5-10(15)4-1-2-6-11(16)14-9-8-13;1-11-7(9)5-3-4-6-8(10)12-2;3-1-2-4/h1-9,12-13H2,(H,14,16);1,3-6H2,2H3;1-4H2/q;+1;. The number of ketones is 1. The van der Waals surface area contributed by atoms with E-state index in [-0.39, 0.29) is 23.6 Å². The van der Waals surface area contributed by atoms with Crippen LogP contribution >= 0.6 is 0 Å². The quantitative estimate of drug-likeness (QED) is 0.113. The lowest BCUT2D eigenvalue weighted by molar-refractivity contribution is -0.369. The topological polar surface area (TPSA) is 205 Å². The highest BCUT2D eigenvalue weighted by molar-refractivity contribution is 5.78. The Morgan fingerprint density at radius 3 is 1.78 bits per heavy atom. The lowest BCUT2D eigenvalue weighted by Crippen LogP contribution is -2.28. The van der Waals surface area contributed by atoms with Crippen LogP contribution in [0.4, 0.5) is 0 Å². The summed E-state index contributed by atoms with van der Waals surface area (Å²) in [7, 11) is 1.34. The van der Waals surface area contributed by atoms with E-state index in [9.17, 15) is 19.2 Å². The molecule has 0 aromatic rings. The maximum Gasteiger partial charge on any atom is 0.579 e. The highest BCUT2D eigenvalue weighted by Gasteiger charge is 2.11. The fourth-order valence-corrected chi connectivity index (χ4v) is 2.04. The molecule has 0 aromatic carbocycles. The number of nitrogens with one attached hydrogen (secondary N) is 1. The van der Waals surface area contributed by atoms with Crippen molar-refractivity contribution in [2.24, 2.45) is 22.9 Å². The highest BCUT2D eigenvalue weighted by atomic mass is 16.5. The summed E-state index contributed by atoms with van der Waals surface area (Å²) in [5, 5.41) is 2.69. The molecule has 0 atom stereocenters. The van der Waals surface area contributed by atoms with Crippen molar-refractivity contribution in [1.82, 2.24) is 5.32 Å². The molecule has 32 heavy (non-hydrogen) atoms. The number of nitrogens with two attached hydrogens (primary N) is 4. The monoisotopic (exact) mass is 462 g/mol. The van der Waals surface area contributed by atoms with Gasteiger partial charge in [-0.05, 0) is 38.6 Å². The Hall–Kier alpha value is -2.21. The van der Waals surface area contributed by atoms with Crippen molar-refractivity contribution in [3.63, 3.8) is 0 Å². The van der Waals surface area contributed by atoms with Gasteiger partial charge in [0.25, 0.3) is 0 Å². The van der Waals surface area contributed by atoms with Crippen molar-refractivity contribution in [2.75, 3.05) is 39.8 Å². The van der Waals surface area contributed by atoms with E-state index in [0.29, 0.717) is 77.7 Å². The van der Waals surface area contributed by atoms with Crippen molar-refractivity contribution < 1.29 is 28.3 Å². The molecule has 0 spiro atoms. The largest absolute Gasteiger partial charge is 0.579 e. The fraction of sp³-hybridized carbons (Fsp3) is 0.762. The van der Waals surface area contributed by atoms with E-state index in [2.05, 4.69) is 21.3 Å². The Morgan fingerprint density at radius 2 is 1.28 bits per heavy atom. The lowest BCUT2D eigenvalue weighted by atomic mass is 10.1. The zero-order chi connectivity index (χ0) is 25.0. The lowest BCUT2D eigenvalue weighted by Gasteiger charge is -2.03. The fourth-order valence-electron chi connectivity index (χ4n) is 2.04. The minimum Gasteiger partial charge on any atom is -0.469 e. The molecule has 0 fully saturated rings. The number of carbonyl (C=O) groups excluding carboxylic acids is 5. The van der Waals surface area contributed by atoms with Crippen LogP contribution in [-0.2, 0) is 28.3 Å². The van der Waals surface area contributed by atoms with Crippen LogP contribution in [0.15, 0.2) is 0 Å². The third-order valence-electron chi connectivity index (χ3n) is 3.80. The predicted molar refractivity (Wildman–Crippen MR) is 125 cm³/mol. The van der Waals surface area contributed by atoms with E-state index in [1.807, 2.05) is 0 Å². The average molecular weight is 463 g/mol. The first kappa shape index (κ1) is 34.4. The van der Waals surface area contributed by atoms with Gasteiger partial charge in [-0.3, -0.25) is 18.8 Å². The number of ether oxygens (including phenoxy) is 1. The molecule has 0 saturated heterocycles. The number of rotatable bonds is 16. The zero-order valence-corrected chi connectivity index (χ0v) is 19.6. The second-order valence-corrected chi connectivity index (χ2v) is 6.65. The van der Waals surface area contributed by atoms with Gasteiger partial charge in [-0.15, -0.1) is 0 Å². The predicted octanol–water partition coefficient (Wildman–Crippen LogP) is -0.556. The van der Waals surface area contributed by atoms with Crippen molar-refractivity contribution in [2.45, 2.75) is 64.2 Å². The number of carbonyl (C=O) groups is 4. The van der Waals surface area contributed by atoms with Gasteiger partial charge in [0, 0.05) is 56.7 Å². The molecule has 0 aliphatic carbocycles. The van der Waals surface area contributed by atoms with Gasteiger partial charge in [0.15, 0.2) is 6.79 Å². The van der Waals surface area contributed by atoms with Crippen LogP contribution < -0.4 is 28.3 Å². The van der Waals surface area contributed by atoms with Crippen molar-refractivity contribution >= 4 is 30.4 Å². The van der Waals surface area contributed by atoms with Gasteiger partial charge in [-0.25, -0.2) is 0 Å². The van der Waals surface area contributed by atoms with Gasteiger partial charge < -0.3 is 33.0 Å². The second kappa shape index (κ2) is 28.8. The summed E-state index contributed by atoms with van der Waals surface area (Å²) in [6.07, 6.45) is 5.82. The molecule has 0 aliphatic heterocycles. The Balaban J connectivity index is -0.000000462. The van der Waals surface area contributed by atoms with Crippen molar-refractivity contribution in [1.29, 1.82) is 0 Å². The summed E-state index contributed by atoms with van der Waals surface area (Å²) in [6.45, 7) is 5.72. The van der Waals surface area contributed by atoms with E-state index in [1.165, 1.54) is 7.11 Å². The minimum absolute atomic E-state index is 0.0138. The number of hydrogen-bond acceptors (Lipinski definition) is 9. The number of esters is 1. The normalized spacial score (nSPS) is 9.41. The van der Waals surface area contributed by atoms with E-state index < -0.39 is 0 Å². The van der Waals surface area contributed by atoms with Crippen molar-refractivity contribution in [3.8, 4) is 0 Å². The first-order valence-electron chi connectivity index (χ1n) is 10.9. The Kier molecular flexibility index (Phi) is 31.0. The van der Waals surface area contributed by atoms with Gasteiger partial charge in [0.2, 0.25) is 5.91 Å². The summed E-state index contributed by atoms with van der Waals surface area (Å²) in [5.41, 5.74) is 20.4. The molecule has 0 aromatic heterocycles. The number of methoxy groups -OCH3 is 1. The summed E-state index contributed by atoms with van der Waals surface area (Å²) >= 11 is 0. The van der Waals surface area contributed by atoms with E-state index >= 15 is 0 Å². The van der Waals surface area contributed by atoms with Crippen molar-refractivity contribution in [3.05, 3.63) is 0 Å². The van der Waals surface area contributed by atoms with Gasteiger partial charge in [0.05, 0.1) is 7.11 Å². The molecule has 0 radical (unpaired) electrons. The summed E-state index contributed by atoms with van der Waals surface area (Å²) < 4.78 is 8.59. The molecule has 0 bridgehead atoms. The zero-order valence-electron chi connectivity index (χ0n) is 19.6. The van der Waals surface area contributed by atoms with Crippen LogP contribution in [0.25, 0.3) is 0 Å². The van der Waals surface area contributed by atoms with Gasteiger partial charge >= 0.3 is 11.9 Å². The minimum atomic E-state index is -0.347. The number of Topliss-reactive ketones (excluding diaryl/α,β-unsaturated/α-hetero) is 1. The molecule has 0 heterocycles. The molecule has 1 amide bonds. The Morgan fingerprint density at radius 1 is 0.750 bits per heavy atom. The molecule has 11 heteroatoms. The molecule has 188 valence electrons. The molecule has 9 N–H and O–H groups in total.